The van der Waals surface area contributed by atoms with Crippen LogP contribution in [0.5, 0.6) is 0 Å². The lowest BCUT2D eigenvalue weighted by Gasteiger charge is -2.14. The van der Waals surface area contributed by atoms with Gasteiger partial charge in [-0.3, -0.25) is 9.97 Å². The fraction of sp³-hybridized carbons (Fsp3) is 0.0968. The molecule has 0 fully saturated rings. The van der Waals surface area contributed by atoms with Crippen molar-refractivity contribution >= 4 is 32.3 Å². The van der Waals surface area contributed by atoms with Gasteiger partial charge < -0.3 is 0 Å². The van der Waals surface area contributed by atoms with Crippen LogP contribution in [0.2, 0.25) is 0 Å². The van der Waals surface area contributed by atoms with Crippen LogP contribution in [-0.2, 0) is 6.18 Å². The minimum atomic E-state index is -4.51. The zero-order valence-corrected chi connectivity index (χ0v) is 19.7. The van der Waals surface area contributed by atoms with Crippen molar-refractivity contribution in [3.05, 3.63) is 108 Å². The Kier molecular flexibility index (Phi) is 5.04. The Bertz CT molecular complexity index is 1780. The molecule has 6 aromatic rings. The normalized spacial score (nSPS) is 12.0. The summed E-state index contributed by atoms with van der Waals surface area (Å²) in [7, 11) is 0. The minimum absolute atomic E-state index is 0.102. The van der Waals surface area contributed by atoms with Crippen molar-refractivity contribution in [3.8, 4) is 22.4 Å². The highest BCUT2D eigenvalue weighted by Gasteiger charge is 2.34. The molecule has 0 atom stereocenters. The zero-order valence-electron chi connectivity index (χ0n) is 19.7. The summed E-state index contributed by atoms with van der Waals surface area (Å²) in [4.78, 5) is 8.50. The van der Waals surface area contributed by atoms with Gasteiger partial charge in [0, 0.05) is 34.3 Å². The molecular formula is C31H21F3N2. The molecule has 2 aromatic heterocycles. The van der Waals surface area contributed by atoms with Gasteiger partial charge in [-0.25, -0.2) is 0 Å². The smallest absolute Gasteiger partial charge is 0.256 e. The Balaban J connectivity index is 1.54. The molecular weight excluding hydrogens is 457 g/mol. The third-order valence-corrected chi connectivity index (χ3v) is 6.63. The van der Waals surface area contributed by atoms with Crippen molar-refractivity contribution in [2.45, 2.75) is 20.0 Å². The third-order valence-electron chi connectivity index (χ3n) is 6.63. The van der Waals surface area contributed by atoms with Gasteiger partial charge in [0.05, 0.1) is 5.69 Å². The van der Waals surface area contributed by atoms with E-state index in [1.54, 1.807) is 18.2 Å². The number of aryl methyl sites for hydroxylation is 2. The maximum absolute atomic E-state index is 13.5. The molecule has 0 N–H and O–H groups in total. The van der Waals surface area contributed by atoms with E-state index in [4.69, 9.17) is 4.98 Å². The summed E-state index contributed by atoms with van der Waals surface area (Å²) in [6.07, 6.45) is -1.35. The van der Waals surface area contributed by atoms with E-state index >= 15 is 0 Å². The summed E-state index contributed by atoms with van der Waals surface area (Å²) in [6, 6.07) is 25.1. The van der Waals surface area contributed by atoms with Gasteiger partial charge in [0.2, 0.25) is 0 Å². The topological polar surface area (TPSA) is 25.8 Å². The molecule has 6 rings (SSSR count). The van der Waals surface area contributed by atoms with Gasteiger partial charge in [0.25, 0.3) is 0 Å². The first kappa shape index (κ1) is 22.2. The number of halogens is 3. The Hall–Kier alpha value is -4.25. The molecule has 5 heteroatoms. The molecule has 0 saturated carbocycles. The number of nitrogens with zero attached hydrogens (tertiary/aromatic N) is 2. The second-order valence-corrected chi connectivity index (χ2v) is 9.20. The SMILES string of the molecule is Cc1cc(C)cc(-c2nccc3c2ccc2cc(-c4cnc(C(F)(F)F)c5ccccc45)ccc23)c1. The van der Waals surface area contributed by atoms with E-state index in [0.717, 1.165) is 38.4 Å². The molecule has 0 aliphatic rings. The lowest BCUT2D eigenvalue weighted by atomic mass is 9.94. The lowest BCUT2D eigenvalue weighted by molar-refractivity contribution is -0.139. The summed E-state index contributed by atoms with van der Waals surface area (Å²) in [5, 5.41) is 4.84. The van der Waals surface area contributed by atoms with Crippen LogP contribution in [0.4, 0.5) is 13.2 Å². The first-order valence-electron chi connectivity index (χ1n) is 11.6. The van der Waals surface area contributed by atoms with Crippen LogP contribution in [0.1, 0.15) is 16.8 Å². The second-order valence-electron chi connectivity index (χ2n) is 9.20. The van der Waals surface area contributed by atoms with Crippen molar-refractivity contribution in [3.63, 3.8) is 0 Å². The van der Waals surface area contributed by atoms with Gasteiger partial charge in [-0.1, -0.05) is 65.7 Å². The molecule has 0 unspecified atom stereocenters. The number of aromatic nitrogens is 2. The number of fused-ring (bicyclic) bond motifs is 4. The van der Waals surface area contributed by atoms with Crippen molar-refractivity contribution in [1.82, 2.24) is 9.97 Å². The summed E-state index contributed by atoms with van der Waals surface area (Å²) in [6.45, 7) is 4.16. The predicted molar refractivity (Wildman–Crippen MR) is 140 cm³/mol. The average Bonchev–Trinajstić information content (AvgIpc) is 2.86. The van der Waals surface area contributed by atoms with E-state index in [9.17, 15) is 13.2 Å². The summed E-state index contributed by atoms with van der Waals surface area (Å²) < 4.78 is 40.6. The van der Waals surface area contributed by atoms with Crippen LogP contribution in [0.25, 0.3) is 54.7 Å². The molecule has 2 heterocycles. The number of alkyl halides is 3. The van der Waals surface area contributed by atoms with Crippen molar-refractivity contribution in [1.29, 1.82) is 0 Å². The summed E-state index contributed by atoms with van der Waals surface area (Å²) in [5.41, 5.74) is 5.02. The molecule has 0 saturated heterocycles. The quantitative estimate of drug-likeness (QED) is 0.232. The second kappa shape index (κ2) is 8.16. The monoisotopic (exact) mass is 478 g/mol. The maximum atomic E-state index is 13.5. The predicted octanol–water partition coefficient (Wildman–Crippen LogP) is 8.91. The van der Waals surface area contributed by atoms with Crippen LogP contribution in [0, 0.1) is 13.8 Å². The van der Waals surface area contributed by atoms with Gasteiger partial charge in [-0.15, -0.1) is 0 Å². The van der Waals surface area contributed by atoms with Crippen molar-refractivity contribution < 1.29 is 13.2 Å². The van der Waals surface area contributed by atoms with E-state index in [2.05, 4.69) is 49.2 Å². The fourth-order valence-corrected chi connectivity index (χ4v) is 5.15. The number of hydrogen-bond donors (Lipinski definition) is 0. The Morgan fingerprint density at radius 1 is 0.611 bits per heavy atom. The van der Waals surface area contributed by atoms with Gasteiger partial charge in [-0.05, 0) is 65.2 Å². The molecule has 2 nitrogen and oxygen atoms in total. The minimum Gasteiger partial charge on any atom is -0.256 e. The number of pyridine rings is 2. The highest BCUT2D eigenvalue weighted by atomic mass is 19.4. The Labute approximate surface area is 206 Å². The number of hydrogen-bond acceptors (Lipinski definition) is 2. The Morgan fingerprint density at radius 2 is 1.33 bits per heavy atom. The van der Waals surface area contributed by atoms with Gasteiger partial charge in [0.15, 0.2) is 5.69 Å². The zero-order chi connectivity index (χ0) is 25.0. The Morgan fingerprint density at radius 3 is 2.08 bits per heavy atom. The molecule has 0 spiro atoms. The largest absolute Gasteiger partial charge is 0.433 e. The van der Waals surface area contributed by atoms with E-state index in [-0.39, 0.29) is 5.39 Å². The van der Waals surface area contributed by atoms with Crippen LogP contribution in [0.15, 0.2) is 91.3 Å². The fourth-order valence-electron chi connectivity index (χ4n) is 5.15. The van der Waals surface area contributed by atoms with E-state index < -0.39 is 11.9 Å². The number of rotatable bonds is 2. The molecule has 0 aliphatic carbocycles. The average molecular weight is 479 g/mol. The number of benzene rings is 4. The van der Waals surface area contributed by atoms with E-state index in [1.165, 1.54) is 23.4 Å². The van der Waals surface area contributed by atoms with Gasteiger partial charge in [-0.2, -0.15) is 13.2 Å². The van der Waals surface area contributed by atoms with Crippen LogP contribution in [-0.4, -0.2) is 9.97 Å². The van der Waals surface area contributed by atoms with Crippen molar-refractivity contribution in [2.24, 2.45) is 0 Å². The summed E-state index contributed by atoms with van der Waals surface area (Å²) in [5.74, 6) is 0. The summed E-state index contributed by atoms with van der Waals surface area (Å²) >= 11 is 0. The first-order chi connectivity index (χ1) is 17.3. The molecule has 0 bridgehead atoms. The van der Waals surface area contributed by atoms with Gasteiger partial charge >= 0.3 is 6.18 Å². The van der Waals surface area contributed by atoms with Gasteiger partial charge in [0.1, 0.15) is 0 Å². The highest BCUT2D eigenvalue weighted by Crippen LogP contribution is 2.39. The van der Waals surface area contributed by atoms with E-state index in [0.29, 0.717) is 10.9 Å². The van der Waals surface area contributed by atoms with Crippen molar-refractivity contribution in [2.75, 3.05) is 0 Å². The standard InChI is InChI=1S/C31H21F3N2/c1-18-13-19(2)15-22(14-18)29-26-10-8-20-16-21(7-9-23(20)25(26)11-12-35-29)28-17-36-30(31(32,33)34)27-6-4-3-5-24(27)28/h3-17H,1-2H3. The van der Waals surface area contributed by atoms with Crippen LogP contribution in [0.3, 0.4) is 0 Å². The molecule has 4 aromatic carbocycles. The maximum Gasteiger partial charge on any atom is 0.433 e. The highest BCUT2D eigenvalue weighted by molar-refractivity contribution is 6.12. The molecule has 0 radical (unpaired) electrons. The molecule has 0 amide bonds. The third kappa shape index (κ3) is 3.68. The van der Waals surface area contributed by atoms with Crippen LogP contribution < -0.4 is 0 Å². The molecule has 36 heavy (non-hydrogen) atoms. The van der Waals surface area contributed by atoms with Crippen LogP contribution >= 0.6 is 0 Å². The lowest BCUT2D eigenvalue weighted by Crippen LogP contribution is -2.09. The molecule has 176 valence electrons. The van der Waals surface area contributed by atoms with E-state index in [1.807, 2.05) is 30.5 Å². The first-order valence-corrected chi connectivity index (χ1v) is 11.6. The molecule has 0 aliphatic heterocycles.